The number of amides is 2. The van der Waals surface area contributed by atoms with Crippen molar-refractivity contribution in [2.45, 2.75) is 32.4 Å². The van der Waals surface area contributed by atoms with E-state index in [9.17, 15) is 14.0 Å². The van der Waals surface area contributed by atoms with E-state index in [-0.39, 0.29) is 28.8 Å². The van der Waals surface area contributed by atoms with Crippen molar-refractivity contribution in [2.75, 3.05) is 18.4 Å². The van der Waals surface area contributed by atoms with Gasteiger partial charge in [0.1, 0.15) is 11.6 Å². The van der Waals surface area contributed by atoms with Crippen LogP contribution in [0.25, 0.3) is 0 Å². The number of carbonyl (C=O) groups excluding carboxylic acids is 2. The lowest BCUT2D eigenvalue weighted by Gasteiger charge is -2.34. The Kier molecular flexibility index (Phi) is 6.70. The summed E-state index contributed by atoms with van der Waals surface area (Å²) in [5.74, 6) is -0.0209. The third kappa shape index (κ3) is 5.11. The number of hydrogen-bond acceptors (Lipinski definition) is 4. The summed E-state index contributed by atoms with van der Waals surface area (Å²) in [5.41, 5.74) is 0.382. The predicted octanol–water partition coefficient (Wildman–Crippen LogP) is 3.43. The second kappa shape index (κ2) is 9.21. The Morgan fingerprint density at radius 3 is 2.71 bits per heavy atom. The highest BCUT2D eigenvalue weighted by Gasteiger charge is 2.30. The Hall–Kier alpha value is -2.38. The molecule has 1 fully saturated rings. The number of nitrogens with one attached hydrogen (secondary N) is 2. The van der Waals surface area contributed by atoms with E-state index < -0.39 is 5.82 Å². The van der Waals surface area contributed by atoms with Gasteiger partial charge in [-0.2, -0.15) is 0 Å². The highest BCUT2D eigenvalue weighted by molar-refractivity contribution is 6.33. The van der Waals surface area contributed by atoms with Crippen LogP contribution in [0.4, 0.5) is 10.1 Å². The molecule has 2 N–H and O–H groups in total. The van der Waals surface area contributed by atoms with E-state index >= 15 is 0 Å². The van der Waals surface area contributed by atoms with Gasteiger partial charge in [-0.1, -0.05) is 11.6 Å². The molecule has 2 heterocycles. The maximum absolute atomic E-state index is 13.1. The fourth-order valence-electron chi connectivity index (χ4n) is 3.27. The molecule has 3 rings (SSSR count). The molecule has 1 unspecified atom stereocenters. The van der Waals surface area contributed by atoms with E-state index in [1.54, 1.807) is 12.3 Å². The van der Waals surface area contributed by atoms with Crippen molar-refractivity contribution in [2.24, 2.45) is 5.92 Å². The molecule has 2 amide bonds. The molecule has 150 valence electrons. The minimum atomic E-state index is -0.455. The van der Waals surface area contributed by atoms with Gasteiger partial charge in [0, 0.05) is 5.92 Å². The summed E-state index contributed by atoms with van der Waals surface area (Å²) in [7, 11) is 0. The minimum absolute atomic E-state index is 0.00579. The maximum Gasteiger partial charge on any atom is 0.241 e. The van der Waals surface area contributed by atoms with Crippen LogP contribution in [0.1, 0.15) is 25.5 Å². The Bertz CT molecular complexity index is 820. The van der Waals surface area contributed by atoms with Gasteiger partial charge in [0.2, 0.25) is 11.8 Å². The van der Waals surface area contributed by atoms with Crippen molar-refractivity contribution in [3.8, 4) is 0 Å². The van der Waals surface area contributed by atoms with Gasteiger partial charge in [-0.3, -0.25) is 14.5 Å². The Morgan fingerprint density at radius 1 is 1.32 bits per heavy atom. The molecule has 1 aromatic heterocycles. The summed E-state index contributed by atoms with van der Waals surface area (Å²) >= 11 is 5.97. The maximum atomic E-state index is 13.1. The topological polar surface area (TPSA) is 74.6 Å². The lowest BCUT2D eigenvalue weighted by Crippen LogP contribution is -2.48. The Labute approximate surface area is 168 Å². The minimum Gasteiger partial charge on any atom is -0.467 e. The summed E-state index contributed by atoms with van der Waals surface area (Å²) in [4.78, 5) is 26.8. The highest BCUT2D eigenvalue weighted by atomic mass is 35.5. The van der Waals surface area contributed by atoms with Crippen LogP contribution in [0.2, 0.25) is 5.02 Å². The van der Waals surface area contributed by atoms with E-state index in [4.69, 9.17) is 16.0 Å². The molecule has 1 aromatic carbocycles. The van der Waals surface area contributed by atoms with Crippen molar-refractivity contribution in [3.05, 3.63) is 53.2 Å². The summed E-state index contributed by atoms with van der Waals surface area (Å²) in [6.45, 7) is 3.47. The first-order valence-corrected chi connectivity index (χ1v) is 9.62. The average Bonchev–Trinajstić information content (AvgIpc) is 3.21. The van der Waals surface area contributed by atoms with Crippen LogP contribution in [0.5, 0.6) is 0 Å². The first-order valence-electron chi connectivity index (χ1n) is 9.24. The molecule has 0 aliphatic carbocycles. The number of benzene rings is 1. The number of rotatable bonds is 6. The number of nitrogens with zero attached hydrogens (tertiary/aromatic N) is 1. The van der Waals surface area contributed by atoms with Crippen LogP contribution in [-0.4, -0.2) is 35.8 Å². The molecule has 28 heavy (non-hydrogen) atoms. The van der Waals surface area contributed by atoms with Gasteiger partial charge in [0.25, 0.3) is 0 Å². The van der Waals surface area contributed by atoms with E-state index in [2.05, 4.69) is 10.6 Å². The Balaban J connectivity index is 1.46. The first kappa shape index (κ1) is 20.4. The number of anilines is 1. The first-order chi connectivity index (χ1) is 13.4. The number of piperidine rings is 1. The van der Waals surface area contributed by atoms with Gasteiger partial charge in [0.15, 0.2) is 0 Å². The van der Waals surface area contributed by atoms with E-state index in [1.807, 2.05) is 17.9 Å². The summed E-state index contributed by atoms with van der Waals surface area (Å²) in [6.07, 6.45) is 2.93. The quantitative estimate of drug-likeness (QED) is 0.769. The number of likely N-dealkylation sites (tertiary alicyclic amines) is 1. The normalized spacial score (nSPS) is 16.5. The molecule has 0 bridgehead atoms. The van der Waals surface area contributed by atoms with Crippen molar-refractivity contribution in [3.63, 3.8) is 0 Å². The second-order valence-electron chi connectivity index (χ2n) is 6.90. The number of furan rings is 1. The summed E-state index contributed by atoms with van der Waals surface area (Å²) in [6, 6.07) is 7.07. The molecule has 1 aliphatic heterocycles. The average molecular weight is 408 g/mol. The predicted molar refractivity (Wildman–Crippen MR) is 104 cm³/mol. The molecule has 1 saturated heterocycles. The molecular formula is C20H23ClFN3O3. The van der Waals surface area contributed by atoms with Crippen LogP contribution in [0.15, 0.2) is 41.0 Å². The highest BCUT2D eigenvalue weighted by Crippen LogP contribution is 2.24. The van der Waals surface area contributed by atoms with Crippen molar-refractivity contribution in [1.29, 1.82) is 0 Å². The monoisotopic (exact) mass is 407 g/mol. The molecule has 2 aromatic rings. The molecule has 1 aliphatic rings. The number of hydrogen-bond donors (Lipinski definition) is 2. The van der Waals surface area contributed by atoms with Crippen LogP contribution in [0, 0.1) is 11.7 Å². The van der Waals surface area contributed by atoms with Crippen molar-refractivity contribution < 1.29 is 18.4 Å². The van der Waals surface area contributed by atoms with Crippen LogP contribution in [-0.2, 0) is 16.1 Å². The summed E-state index contributed by atoms with van der Waals surface area (Å²) in [5, 5.41) is 5.78. The number of halogens is 2. The van der Waals surface area contributed by atoms with Gasteiger partial charge in [0.05, 0.1) is 29.6 Å². The summed E-state index contributed by atoms with van der Waals surface area (Å²) < 4.78 is 18.3. The van der Waals surface area contributed by atoms with Crippen LogP contribution >= 0.6 is 11.6 Å². The zero-order chi connectivity index (χ0) is 20.1. The molecular weight excluding hydrogens is 385 g/mol. The largest absolute Gasteiger partial charge is 0.467 e. The lowest BCUT2D eigenvalue weighted by molar-refractivity contribution is -0.127. The number of carbonyl (C=O) groups is 2. The van der Waals surface area contributed by atoms with E-state index in [0.29, 0.717) is 38.2 Å². The molecule has 8 heteroatoms. The molecule has 0 radical (unpaired) electrons. The van der Waals surface area contributed by atoms with E-state index in [0.717, 1.165) is 11.8 Å². The lowest BCUT2D eigenvalue weighted by atomic mass is 9.95. The van der Waals surface area contributed by atoms with Crippen molar-refractivity contribution >= 4 is 29.1 Å². The molecule has 0 saturated carbocycles. The SMILES string of the molecule is CC(C(=O)Nc1ccc(F)cc1Cl)N1CCC(C(=O)NCc2ccco2)CC1. The zero-order valence-corrected chi connectivity index (χ0v) is 16.3. The molecule has 1 atom stereocenters. The fourth-order valence-corrected chi connectivity index (χ4v) is 3.49. The smallest absolute Gasteiger partial charge is 0.241 e. The standard InChI is InChI=1S/C20H23ClFN3O3/c1-13(19(26)24-18-5-4-15(22)11-17(18)21)25-8-6-14(7-9-25)20(27)23-12-16-3-2-10-28-16/h2-5,10-11,13-14H,6-9,12H2,1H3,(H,23,27)(H,24,26). The van der Waals surface area contributed by atoms with E-state index in [1.165, 1.54) is 12.1 Å². The second-order valence-corrected chi connectivity index (χ2v) is 7.30. The van der Waals surface area contributed by atoms with Crippen molar-refractivity contribution in [1.82, 2.24) is 10.2 Å². The van der Waals surface area contributed by atoms with Gasteiger partial charge in [-0.25, -0.2) is 4.39 Å². The zero-order valence-electron chi connectivity index (χ0n) is 15.6. The van der Waals surface area contributed by atoms with Crippen LogP contribution in [0.3, 0.4) is 0 Å². The van der Waals surface area contributed by atoms with Gasteiger partial charge in [-0.05, 0) is 63.2 Å². The third-order valence-corrected chi connectivity index (χ3v) is 5.35. The van der Waals surface area contributed by atoms with Crippen LogP contribution < -0.4 is 10.6 Å². The van der Waals surface area contributed by atoms with Gasteiger partial charge in [-0.15, -0.1) is 0 Å². The molecule has 0 spiro atoms. The van der Waals surface area contributed by atoms with Gasteiger partial charge >= 0.3 is 0 Å². The third-order valence-electron chi connectivity index (χ3n) is 5.03. The fraction of sp³-hybridized carbons (Fsp3) is 0.400. The Morgan fingerprint density at radius 2 is 2.07 bits per heavy atom. The van der Waals surface area contributed by atoms with Gasteiger partial charge < -0.3 is 15.1 Å². The molecule has 6 nitrogen and oxygen atoms in total.